The second kappa shape index (κ2) is 9.56. The molecule has 0 bridgehead atoms. The zero-order valence-corrected chi connectivity index (χ0v) is 18.8. The summed E-state index contributed by atoms with van der Waals surface area (Å²) in [4.78, 5) is 24.8. The van der Waals surface area contributed by atoms with Gasteiger partial charge in [-0.3, -0.25) is 9.59 Å². The van der Waals surface area contributed by atoms with Crippen molar-refractivity contribution in [2.24, 2.45) is 0 Å². The maximum Gasteiger partial charge on any atom is 0.325 e. The van der Waals surface area contributed by atoms with Gasteiger partial charge in [-0.05, 0) is 36.4 Å². The lowest BCUT2D eigenvalue weighted by Crippen LogP contribution is -2.42. The van der Waals surface area contributed by atoms with E-state index in [2.05, 4.69) is 5.32 Å². The minimum Gasteiger partial charge on any atom is -0.486 e. The number of nitrogens with zero attached hydrogens (tertiary/aromatic N) is 1. The smallest absolute Gasteiger partial charge is 0.325 e. The molecule has 2 aliphatic rings. The Morgan fingerprint density at radius 3 is 2.55 bits per heavy atom. The normalized spacial score (nSPS) is 20.3. The molecule has 1 unspecified atom stereocenters. The highest BCUT2D eigenvalue weighted by atomic mass is 35.5. The van der Waals surface area contributed by atoms with Gasteiger partial charge in [-0.2, -0.15) is 4.31 Å². The number of hydrogen-bond donors (Lipinski definition) is 2. The molecule has 176 valence electrons. The Kier molecular flexibility index (Phi) is 6.75. The van der Waals surface area contributed by atoms with Crippen molar-refractivity contribution in [3.8, 4) is 11.5 Å². The Labute approximate surface area is 195 Å². The number of fused-ring (bicyclic) bond motifs is 1. The van der Waals surface area contributed by atoms with Crippen LogP contribution >= 0.6 is 11.6 Å². The third-order valence-electron chi connectivity index (χ3n) is 5.10. The SMILES string of the molecule is O=C(COC(=O)[C@@H]1CC(O)CN1S(=O)(=O)c1ccc(Cl)cc1)Nc1ccc2c(c1)OCCO2. The number of aliphatic hydroxyl groups excluding tert-OH is 1. The quantitative estimate of drug-likeness (QED) is 0.574. The number of aliphatic hydroxyl groups is 1. The van der Waals surface area contributed by atoms with Gasteiger partial charge in [0.05, 0.1) is 11.0 Å². The summed E-state index contributed by atoms with van der Waals surface area (Å²) < 4.78 is 42.7. The first-order chi connectivity index (χ1) is 15.7. The number of anilines is 1. The van der Waals surface area contributed by atoms with Crippen LogP contribution in [0.25, 0.3) is 0 Å². The highest BCUT2D eigenvalue weighted by Crippen LogP contribution is 2.32. The van der Waals surface area contributed by atoms with Gasteiger partial charge in [0.2, 0.25) is 10.0 Å². The molecule has 33 heavy (non-hydrogen) atoms. The van der Waals surface area contributed by atoms with Crippen molar-refractivity contribution in [2.75, 3.05) is 31.7 Å². The molecule has 2 aliphatic heterocycles. The Morgan fingerprint density at radius 1 is 1.12 bits per heavy atom. The Balaban J connectivity index is 1.38. The average molecular weight is 497 g/mol. The topological polar surface area (TPSA) is 131 Å². The van der Waals surface area contributed by atoms with E-state index >= 15 is 0 Å². The molecule has 4 rings (SSSR count). The molecular weight excluding hydrogens is 476 g/mol. The van der Waals surface area contributed by atoms with Crippen molar-refractivity contribution in [2.45, 2.75) is 23.5 Å². The van der Waals surface area contributed by atoms with Crippen LogP contribution in [-0.4, -0.2) is 68.2 Å². The van der Waals surface area contributed by atoms with Crippen LogP contribution in [0, 0.1) is 0 Å². The summed E-state index contributed by atoms with van der Waals surface area (Å²) >= 11 is 5.81. The van der Waals surface area contributed by atoms with E-state index in [4.69, 9.17) is 25.8 Å². The van der Waals surface area contributed by atoms with E-state index in [1.165, 1.54) is 24.3 Å². The van der Waals surface area contributed by atoms with Gasteiger partial charge in [-0.15, -0.1) is 0 Å². The van der Waals surface area contributed by atoms with Crippen LogP contribution in [0.3, 0.4) is 0 Å². The summed E-state index contributed by atoms with van der Waals surface area (Å²) in [6.45, 7) is -0.0667. The maximum atomic E-state index is 13.0. The van der Waals surface area contributed by atoms with Crippen LogP contribution in [0.15, 0.2) is 47.4 Å². The first kappa shape index (κ1) is 23.3. The zero-order chi connectivity index (χ0) is 23.6. The summed E-state index contributed by atoms with van der Waals surface area (Å²) in [6.07, 6.45) is -1.19. The van der Waals surface area contributed by atoms with E-state index in [0.29, 0.717) is 35.4 Å². The number of ether oxygens (including phenoxy) is 3. The number of esters is 1. The first-order valence-corrected chi connectivity index (χ1v) is 11.9. The number of carbonyl (C=O) groups is 2. The van der Waals surface area contributed by atoms with Gasteiger partial charge < -0.3 is 24.6 Å². The van der Waals surface area contributed by atoms with Gasteiger partial charge in [-0.25, -0.2) is 8.42 Å². The van der Waals surface area contributed by atoms with Crippen molar-refractivity contribution in [3.05, 3.63) is 47.5 Å². The summed E-state index contributed by atoms with van der Waals surface area (Å²) in [6, 6.07) is 9.03. The average Bonchev–Trinajstić information content (AvgIpc) is 3.20. The number of benzene rings is 2. The number of nitrogens with one attached hydrogen (secondary N) is 1. The van der Waals surface area contributed by atoms with E-state index in [1.54, 1.807) is 18.2 Å². The molecule has 1 fully saturated rings. The molecule has 1 saturated heterocycles. The summed E-state index contributed by atoms with van der Waals surface area (Å²) in [5.41, 5.74) is 0.420. The zero-order valence-electron chi connectivity index (χ0n) is 17.3. The Hall–Kier alpha value is -2.86. The highest BCUT2D eigenvalue weighted by molar-refractivity contribution is 7.89. The first-order valence-electron chi connectivity index (χ1n) is 10.1. The summed E-state index contributed by atoms with van der Waals surface area (Å²) in [5, 5.41) is 12.9. The van der Waals surface area contributed by atoms with Crippen molar-refractivity contribution in [3.63, 3.8) is 0 Å². The number of carbonyl (C=O) groups excluding carboxylic acids is 2. The number of hydrogen-bond acceptors (Lipinski definition) is 8. The molecule has 0 radical (unpaired) electrons. The second-order valence-electron chi connectivity index (χ2n) is 7.45. The lowest BCUT2D eigenvalue weighted by Gasteiger charge is -2.22. The molecule has 2 aromatic carbocycles. The van der Waals surface area contributed by atoms with Gasteiger partial charge in [-0.1, -0.05) is 11.6 Å². The molecule has 2 atom stereocenters. The van der Waals surface area contributed by atoms with Gasteiger partial charge in [0.15, 0.2) is 18.1 Å². The van der Waals surface area contributed by atoms with Crippen LogP contribution < -0.4 is 14.8 Å². The number of sulfonamides is 1. The third kappa shape index (κ3) is 5.22. The molecule has 2 heterocycles. The summed E-state index contributed by atoms with van der Waals surface area (Å²) in [5.74, 6) is -0.501. The number of β-amino-alcohol motifs (C(OH)–C–C–N with tert-alkyl or cyclic N) is 1. The van der Waals surface area contributed by atoms with Crippen LogP contribution in [-0.2, 0) is 24.3 Å². The second-order valence-corrected chi connectivity index (χ2v) is 9.78. The maximum absolute atomic E-state index is 13.0. The minimum atomic E-state index is -4.09. The van der Waals surface area contributed by atoms with Gasteiger partial charge in [0.25, 0.3) is 5.91 Å². The largest absolute Gasteiger partial charge is 0.486 e. The fraction of sp³-hybridized carbons (Fsp3) is 0.333. The van der Waals surface area contributed by atoms with Crippen LogP contribution in [0.5, 0.6) is 11.5 Å². The molecule has 2 aromatic rings. The lowest BCUT2D eigenvalue weighted by molar-refractivity contribution is -0.150. The molecule has 0 spiro atoms. The fourth-order valence-electron chi connectivity index (χ4n) is 3.56. The molecule has 0 aromatic heterocycles. The predicted octanol–water partition coefficient (Wildman–Crippen LogP) is 1.42. The van der Waals surface area contributed by atoms with E-state index in [1.807, 2.05) is 0 Å². The van der Waals surface area contributed by atoms with Crippen molar-refractivity contribution >= 4 is 39.2 Å². The van der Waals surface area contributed by atoms with E-state index in [9.17, 15) is 23.1 Å². The molecule has 1 amide bonds. The van der Waals surface area contributed by atoms with Crippen LogP contribution in [0.2, 0.25) is 5.02 Å². The van der Waals surface area contributed by atoms with E-state index in [0.717, 1.165) is 4.31 Å². The number of amides is 1. The Bertz CT molecular complexity index is 1160. The van der Waals surface area contributed by atoms with Gasteiger partial charge in [0, 0.05) is 29.7 Å². The van der Waals surface area contributed by atoms with Crippen molar-refractivity contribution < 1.29 is 37.3 Å². The molecule has 10 nitrogen and oxygen atoms in total. The third-order valence-corrected chi connectivity index (χ3v) is 7.24. The standard InChI is InChI=1S/C21H21ClN2O8S/c22-13-1-4-16(5-2-13)33(28,29)24-11-15(25)10-17(24)21(27)32-12-20(26)23-14-3-6-18-19(9-14)31-8-7-30-18/h1-6,9,15,17,25H,7-8,10-12H2,(H,23,26)/t15?,17-/m0/s1. The molecule has 2 N–H and O–H groups in total. The summed E-state index contributed by atoms with van der Waals surface area (Å²) in [7, 11) is -4.09. The van der Waals surface area contributed by atoms with Gasteiger partial charge in [0.1, 0.15) is 19.3 Å². The number of halogens is 1. The molecule has 0 aliphatic carbocycles. The predicted molar refractivity (Wildman–Crippen MR) is 117 cm³/mol. The molecule has 0 saturated carbocycles. The van der Waals surface area contributed by atoms with Gasteiger partial charge >= 0.3 is 5.97 Å². The molecular formula is C21H21ClN2O8S. The lowest BCUT2D eigenvalue weighted by atomic mass is 10.2. The monoisotopic (exact) mass is 496 g/mol. The van der Waals surface area contributed by atoms with E-state index < -0.39 is 40.7 Å². The van der Waals surface area contributed by atoms with Crippen LogP contribution in [0.4, 0.5) is 5.69 Å². The highest BCUT2D eigenvalue weighted by Gasteiger charge is 2.44. The fourth-order valence-corrected chi connectivity index (χ4v) is 5.31. The molecule has 12 heteroatoms. The Morgan fingerprint density at radius 2 is 1.82 bits per heavy atom. The number of rotatable bonds is 6. The van der Waals surface area contributed by atoms with Crippen LogP contribution in [0.1, 0.15) is 6.42 Å². The van der Waals surface area contributed by atoms with Crippen molar-refractivity contribution in [1.29, 1.82) is 0 Å². The van der Waals surface area contributed by atoms with Crippen molar-refractivity contribution in [1.82, 2.24) is 4.31 Å². The van der Waals surface area contributed by atoms with E-state index in [-0.39, 0.29) is 17.9 Å². The minimum absolute atomic E-state index is 0.0739.